The Bertz CT molecular complexity index is 390. The Balaban J connectivity index is 2.15. The summed E-state index contributed by atoms with van der Waals surface area (Å²) in [5, 5.41) is 8.87. The van der Waals surface area contributed by atoms with Crippen molar-refractivity contribution in [2.24, 2.45) is 5.92 Å². The van der Waals surface area contributed by atoms with E-state index in [1.54, 1.807) is 0 Å². The Labute approximate surface area is 90.5 Å². The highest BCUT2D eigenvalue weighted by Crippen LogP contribution is 2.53. The molecule has 2 rings (SSSR count). The number of benzene rings is 1. The second-order valence-corrected chi connectivity index (χ2v) is 4.26. The Morgan fingerprint density at radius 1 is 1.47 bits per heavy atom. The van der Waals surface area contributed by atoms with Crippen LogP contribution in [0.15, 0.2) is 24.3 Å². The van der Waals surface area contributed by atoms with Crippen molar-refractivity contribution in [2.45, 2.75) is 25.7 Å². The van der Waals surface area contributed by atoms with Gasteiger partial charge in [0.1, 0.15) is 5.75 Å². The molecule has 0 bridgehead atoms. The van der Waals surface area contributed by atoms with Gasteiger partial charge in [-0.25, -0.2) is 0 Å². The molecule has 0 spiro atoms. The van der Waals surface area contributed by atoms with Gasteiger partial charge in [-0.15, -0.1) is 0 Å². The summed E-state index contributed by atoms with van der Waals surface area (Å²) in [4.78, 5) is 0. The summed E-state index contributed by atoms with van der Waals surface area (Å²) in [6.45, 7) is 4.82. The summed E-state index contributed by atoms with van der Waals surface area (Å²) < 4.78 is 5.38. The van der Waals surface area contributed by atoms with Crippen molar-refractivity contribution in [2.75, 3.05) is 6.61 Å². The maximum Gasteiger partial charge on any atom is 0.119 e. The molecule has 1 saturated carbocycles. The highest BCUT2D eigenvalue weighted by molar-refractivity contribution is 5.39. The molecule has 2 unspecified atom stereocenters. The van der Waals surface area contributed by atoms with Gasteiger partial charge in [0.2, 0.25) is 0 Å². The van der Waals surface area contributed by atoms with Crippen LogP contribution in [0.4, 0.5) is 0 Å². The quantitative estimate of drug-likeness (QED) is 0.753. The predicted molar refractivity (Wildman–Crippen MR) is 58.7 cm³/mol. The number of hydrogen-bond donors (Lipinski definition) is 0. The maximum absolute atomic E-state index is 8.87. The lowest BCUT2D eigenvalue weighted by molar-refractivity contribution is 0.340. The summed E-state index contributed by atoms with van der Waals surface area (Å²) in [6, 6.07) is 10.4. The second-order valence-electron chi connectivity index (χ2n) is 4.26. The number of rotatable bonds is 3. The number of hydrogen-bond acceptors (Lipinski definition) is 2. The lowest BCUT2D eigenvalue weighted by atomic mass is 9.96. The number of nitrogens with zero attached hydrogens (tertiary/aromatic N) is 1. The van der Waals surface area contributed by atoms with Crippen molar-refractivity contribution in [3.63, 3.8) is 0 Å². The van der Waals surface area contributed by atoms with Crippen LogP contribution in [-0.2, 0) is 5.41 Å². The molecule has 15 heavy (non-hydrogen) atoms. The highest BCUT2D eigenvalue weighted by atomic mass is 16.5. The Morgan fingerprint density at radius 2 is 2.13 bits per heavy atom. The van der Waals surface area contributed by atoms with E-state index in [-0.39, 0.29) is 11.3 Å². The third-order valence-corrected chi connectivity index (χ3v) is 3.22. The van der Waals surface area contributed by atoms with Gasteiger partial charge >= 0.3 is 0 Å². The molecule has 2 atom stereocenters. The van der Waals surface area contributed by atoms with Crippen LogP contribution in [0.25, 0.3) is 0 Å². The first-order valence-corrected chi connectivity index (χ1v) is 5.33. The van der Waals surface area contributed by atoms with Gasteiger partial charge in [0.05, 0.1) is 18.6 Å². The molecule has 0 aromatic heterocycles. The van der Waals surface area contributed by atoms with E-state index < -0.39 is 0 Å². The third-order valence-electron chi connectivity index (χ3n) is 3.22. The van der Waals surface area contributed by atoms with E-state index in [0.29, 0.717) is 6.61 Å². The molecule has 1 aliphatic rings. The summed E-state index contributed by atoms with van der Waals surface area (Å²) in [7, 11) is 0. The monoisotopic (exact) mass is 201 g/mol. The minimum atomic E-state index is 0.0828. The van der Waals surface area contributed by atoms with E-state index in [1.165, 1.54) is 5.56 Å². The molecule has 0 radical (unpaired) electrons. The van der Waals surface area contributed by atoms with Crippen molar-refractivity contribution >= 4 is 0 Å². The molecule has 1 aliphatic carbocycles. The van der Waals surface area contributed by atoms with Crippen LogP contribution < -0.4 is 4.74 Å². The first kappa shape index (κ1) is 10.0. The first-order chi connectivity index (χ1) is 7.20. The summed E-state index contributed by atoms with van der Waals surface area (Å²) >= 11 is 0. The van der Waals surface area contributed by atoms with E-state index in [0.717, 1.165) is 12.2 Å². The molecule has 0 saturated heterocycles. The fourth-order valence-corrected chi connectivity index (χ4v) is 1.97. The zero-order valence-corrected chi connectivity index (χ0v) is 9.16. The zero-order valence-electron chi connectivity index (χ0n) is 9.16. The molecule has 0 N–H and O–H groups in total. The average molecular weight is 201 g/mol. The van der Waals surface area contributed by atoms with Crippen LogP contribution in [0, 0.1) is 17.2 Å². The topological polar surface area (TPSA) is 33.0 Å². The summed E-state index contributed by atoms with van der Waals surface area (Å²) in [5.74, 6) is 1.09. The van der Waals surface area contributed by atoms with Crippen LogP contribution in [0.1, 0.15) is 25.8 Å². The highest BCUT2D eigenvalue weighted by Gasteiger charge is 2.51. The molecular formula is C13H15NO. The largest absolute Gasteiger partial charge is 0.494 e. The van der Waals surface area contributed by atoms with Gasteiger partial charge in [-0.3, -0.25) is 0 Å². The molecule has 2 nitrogen and oxygen atoms in total. The van der Waals surface area contributed by atoms with Gasteiger partial charge in [-0.05, 0) is 31.0 Å². The lowest BCUT2D eigenvalue weighted by Gasteiger charge is -2.10. The van der Waals surface area contributed by atoms with E-state index in [2.05, 4.69) is 25.1 Å². The van der Waals surface area contributed by atoms with Crippen LogP contribution in [-0.4, -0.2) is 6.61 Å². The van der Waals surface area contributed by atoms with Gasteiger partial charge in [-0.1, -0.05) is 19.1 Å². The Morgan fingerprint density at radius 3 is 2.60 bits per heavy atom. The van der Waals surface area contributed by atoms with Gasteiger partial charge in [0.25, 0.3) is 0 Å². The predicted octanol–water partition coefficient (Wildman–Crippen LogP) is 2.89. The van der Waals surface area contributed by atoms with Crippen molar-refractivity contribution in [1.82, 2.24) is 0 Å². The molecular weight excluding hydrogens is 186 g/mol. The maximum atomic E-state index is 8.87. The van der Waals surface area contributed by atoms with Gasteiger partial charge in [0, 0.05) is 5.41 Å². The molecule has 1 fully saturated rings. The van der Waals surface area contributed by atoms with E-state index >= 15 is 0 Å². The average Bonchev–Trinajstić information content (AvgIpc) is 2.93. The van der Waals surface area contributed by atoms with Crippen LogP contribution >= 0.6 is 0 Å². The first-order valence-electron chi connectivity index (χ1n) is 5.33. The third kappa shape index (κ3) is 1.70. The Hall–Kier alpha value is -1.49. The van der Waals surface area contributed by atoms with Crippen LogP contribution in [0.3, 0.4) is 0 Å². The molecule has 0 heterocycles. The molecule has 0 amide bonds. The number of nitriles is 1. The Kier molecular flexibility index (Phi) is 2.40. The standard InChI is InChI=1S/C13H15NO/c1-3-15-12-6-4-10(5-7-12)13(2)8-11(13)9-14/h4-7,11H,3,8H2,1-2H3. The van der Waals surface area contributed by atoms with Crippen molar-refractivity contribution in [3.05, 3.63) is 29.8 Å². The van der Waals surface area contributed by atoms with E-state index in [9.17, 15) is 0 Å². The molecule has 2 heteroatoms. The molecule has 1 aromatic rings. The second kappa shape index (κ2) is 3.58. The minimum Gasteiger partial charge on any atom is -0.494 e. The smallest absolute Gasteiger partial charge is 0.119 e. The molecule has 1 aromatic carbocycles. The molecule has 78 valence electrons. The fraction of sp³-hybridized carbons (Fsp3) is 0.462. The van der Waals surface area contributed by atoms with Gasteiger partial charge in [0.15, 0.2) is 0 Å². The minimum absolute atomic E-state index is 0.0828. The van der Waals surface area contributed by atoms with Crippen molar-refractivity contribution in [3.8, 4) is 11.8 Å². The lowest BCUT2D eigenvalue weighted by Crippen LogP contribution is -2.03. The zero-order chi connectivity index (χ0) is 10.9. The van der Waals surface area contributed by atoms with Crippen LogP contribution in [0.5, 0.6) is 5.75 Å². The number of ether oxygens (including phenoxy) is 1. The normalized spacial score (nSPS) is 28.2. The summed E-state index contributed by atoms with van der Waals surface area (Å²) in [6.07, 6.45) is 0.984. The van der Waals surface area contributed by atoms with Crippen LogP contribution in [0.2, 0.25) is 0 Å². The van der Waals surface area contributed by atoms with Crippen molar-refractivity contribution in [1.29, 1.82) is 5.26 Å². The van der Waals surface area contributed by atoms with E-state index in [4.69, 9.17) is 10.00 Å². The summed E-state index contributed by atoms with van der Waals surface area (Å²) in [5.41, 5.74) is 1.33. The van der Waals surface area contributed by atoms with Gasteiger partial charge in [-0.2, -0.15) is 5.26 Å². The molecule has 0 aliphatic heterocycles. The van der Waals surface area contributed by atoms with Crippen molar-refractivity contribution < 1.29 is 4.74 Å². The fourth-order valence-electron chi connectivity index (χ4n) is 1.97. The SMILES string of the molecule is CCOc1ccc(C2(C)CC2C#N)cc1. The van der Waals surface area contributed by atoms with E-state index in [1.807, 2.05) is 19.1 Å². The van der Waals surface area contributed by atoms with Gasteiger partial charge < -0.3 is 4.74 Å².